The van der Waals surface area contributed by atoms with Crippen molar-refractivity contribution in [1.29, 1.82) is 0 Å². The molecule has 0 heterocycles. The molecule has 3 nitrogen and oxygen atoms in total. The molecule has 0 amide bonds. The number of rotatable bonds is 4. The first-order chi connectivity index (χ1) is 11.7. The van der Waals surface area contributed by atoms with E-state index in [-0.39, 0.29) is 0 Å². The Morgan fingerprint density at radius 1 is 0.833 bits per heavy atom. The zero-order chi connectivity index (χ0) is 16.5. The first-order valence-corrected chi connectivity index (χ1v) is 8.11. The molecule has 4 heteroatoms. The van der Waals surface area contributed by atoms with E-state index < -0.39 is 7.12 Å². The lowest BCUT2D eigenvalue weighted by Crippen LogP contribution is -2.33. The van der Waals surface area contributed by atoms with Crippen molar-refractivity contribution in [3.8, 4) is 11.1 Å². The molecule has 1 aliphatic rings. The molecule has 0 aliphatic heterocycles. The number of hydrogen-bond donors (Lipinski definition) is 3. The fourth-order valence-corrected chi connectivity index (χ4v) is 3.40. The Morgan fingerprint density at radius 3 is 2.46 bits per heavy atom. The maximum atomic E-state index is 9.46. The summed E-state index contributed by atoms with van der Waals surface area (Å²) in [6.45, 7) is 0.555. The van der Waals surface area contributed by atoms with Gasteiger partial charge in [-0.2, -0.15) is 0 Å². The predicted molar refractivity (Wildman–Crippen MR) is 98.3 cm³/mol. The molecule has 0 aromatic heterocycles. The zero-order valence-electron chi connectivity index (χ0n) is 13.2. The third-order valence-corrected chi connectivity index (χ3v) is 4.61. The van der Waals surface area contributed by atoms with Crippen molar-refractivity contribution in [3.05, 3.63) is 83.4 Å². The Labute approximate surface area is 141 Å². The van der Waals surface area contributed by atoms with Crippen LogP contribution in [0.5, 0.6) is 0 Å². The van der Waals surface area contributed by atoms with E-state index >= 15 is 0 Å². The van der Waals surface area contributed by atoms with Crippen molar-refractivity contribution in [2.24, 2.45) is 0 Å². The summed E-state index contributed by atoms with van der Waals surface area (Å²) in [6, 6.07) is 22.3. The smallest absolute Gasteiger partial charge is 0.423 e. The second-order valence-corrected chi connectivity index (χ2v) is 6.13. The monoisotopic (exact) mass is 315 g/mol. The average Bonchev–Trinajstić information content (AvgIpc) is 2.98. The minimum Gasteiger partial charge on any atom is -0.423 e. The van der Waals surface area contributed by atoms with Crippen LogP contribution in [0.15, 0.2) is 66.7 Å². The van der Waals surface area contributed by atoms with Gasteiger partial charge < -0.3 is 15.4 Å². The van der Waals surface area contributed by atoms with Crippen molar-refractivity contribution >= 4 is 18.3 Å². The highest BCUT2D eigenvalue weighted by Crippen LogP contribution is 2.37. The highest BCUT2D eigenvalue weighted by Gasteiger charge is 2.18. The minimum atomic E-state index is -1.45. The molecule has 0 fully saturated rings. The van der Waals surface area contributed by atoms with Gasteiger partial charge >= 0.3 is 7.12 Å². The second kappa shape index (κ2) is 6.15. The normalized spacial score (nSPS) is 11.8. The van der Waals surface area contributed by atoms with Crippen LogP contribution in [0.3, 0.4) is 0 Å². The van der Waals surface area contributed by atoms with Gasteiger partial charge in [0.05, 0.1) is 0 Å². The molecule has 4 rings (SSSR count). The van der Waals surface area contributed by atoms with Crippen molar-refractivity contribution in [3.63, 3.8) is 0 Å². The van der Waals surface area contributed by atoms with Crippen LogP contribution in [-0.4, -0.2) is 17.2 Å². The quantitative estimate of drug-likeness (QED) is 0.507. The highest BCUT2D eigenvalue weighted by atomic mass is 16.4. The summed E-state index contributed by atoms with van der Waals surface area (Å²) >= 11 is 0. The number of benzene rings is 3. The standard InChI is InChI=1S/C20H18BNO2/c23-21(24)20-8-4-2-6-15(20)13-22-17-9-10-19-16(12-17)11-14-5-1-3-7-18(14)19/h1-10,12,22-24H,11,13H2. The van der Waals surface area contributed by atoms with Gasteiger partial charge in [0.15, 0.2) is 0 Å². The molecule has 24 heavy (non-hydrogen) atoms. The Bertz CT molecular complexity index is 892. The van der Waals surface area contributed by atoms with Crippen molar-refractivity contribution in [2.45, 2.75) is 13.0 Å². The molecular weight excluding hydrogens is 297 g/mol. The molecule has 1 aliphatic carbocycles. The molecule has 0 unspecified atom stereocenters. The van der Waals surface area contributed by atoms with E-state index in [0.717, 1.165) is 17.7 Å². The van der Waals surface area contributed by atoms with Gasteiger partial charge in [0.25, 0.3) is 0 Å². The molecule has 0 atom stereocenters. The topological polar surface area (TPSA) is 52.5 Å². The molecule has 0 spiro atoms. The third kappa shape index (κ3) is 2.71. The Kier molecular flexibility index (Phi) is 3.85. The molecule has 0 saturated heterocycles. The fourth-order valence-electron chi connectivity index (χ4n) is 3.40. The van der Waals surface area contributed by atoms with Crippen LogP contribution >= 0.6 is 0 Å². The van der Waals surface area contributed by atoms with Gasteiger partial charge in [0, 0.05) is 12.2 Å². The van der Waals surface area contributed by atoms with Crippen molar-refractivity contribution in [2.75, 3.05) is 5.32 Å². The highest BCUT2D eigenvalue weighted by molar-refractivity contribution is 6.59. The summed E-state index contributed by atoms with van der Waals surface area (Å²) in [4.78, 5) is 0. The van der Waals surface area contributed by atoms with E-state index in [0.29, 0.717) is 12.0 Å². The van der Waals surface area contributed by atoms with E-state index in [1.54, 1.807) is 6.07 Å². The summed E-state index contributed by atoms with van der Waals surface area (Å²) in [5, 5.41) is 22.3. The van der Waals surface area contributed by atoms with E-state index in [4.69, 9.17) is 0 Å². The van der Waals surface area contributed by atoms with Gasteiger partial charge in [-0.1, -0.05) is 54.6 Å². The molecule has 3 aromatic carbocycles. The fraction of sp³-hybridized carbons (Fsp3) is 0.100. The SMILES string of the molecule is OB(O)c1ccccc1CNc1ccc2c(c1)Cc1ccccc1-2. The molecule has 0 radical (unpaired) electrons. The number of fused-ring (bicyclic) bond motifs is 3. The van der Waals surface area contributed by atoms with Gasteiger partial charge in [-0.15, -0.1) is 0 Å². The van der Waals surface area contributed by atoms with Crippen molar-refractivity contribution < 1.29 is 10.0 Å². The summed E-state index contributed by atoms with van der Waals surface area (Å²) < 4.78 is 0. The first-order valence-electron chi connectivity index (χ1n) is 8.11. The minimum absolute atomic E-state index is 0.540. The van der Waals surface area contributed by atoms with Crippen LogP contribution in [0.1, 0.15) is 16.7 Å². The van der Waals surface area contributed by atoms with Gasteiger partial charge in [0.1, 0.15) is 0 Å². The summed E-state index contributed by atoms with van der Waals surface area (Å²) in [7, 11) is -1.45. The molecule has 0 saturated carbocycles. The molecule has 0 bridgehead atoms. The van der Waals surface area contributed by atoms with E-state index in [2.05, 4.69) is 47.8 Å². The van der Waals surface area contributed by atoms with E-state index in [1.165, 1.54) is 22.3 Å². The van der Waals surface area contributed by atoms with Crippen molar-refractivity contribution in [1.82, 2.24) is 0 Å². The Balaban J connectivity index is 1.55. The third-order valence-electron chi connectivity index (χ3n) is 4.61. The summed E-state index contributed by atoms with van der Waals surface area (Å²) in [5.74, 6) is 0. The summed E-state index contributed by atoms with van der Waals surface area (Å²) in [5.41, 5.74) is 7.81. The Morgan fingerprint density at radius 2 is 1.58 bits per heavy atom. The molecular formula is C20H18BNO2. The number of anilines is 1. The van der Waals surface area contributed by atoms with Crippen LogP contribution in [0.25, 0.3) is 11.1 Å². The number of hydrogen-bond acceptors (Lipinski definition) is 3. The summed E-state index contributed by atoms with van der Waals surface area (Å²) in [6.07, 6.45) is 0.965. The van der Waals surface area contributed by atoms with Crippen LogP contribution < -0.4 is 10.8 Å². The second-order valence-electron chi connectivity index (χ2n) is 6.13. The largest absolute Gasteiger partial charge is 0.488 e. The van der Waals surface area contributed by atoms with E-state index in [1.807, 2.05) is 18.2 Å². The van der Waals surface area contributed by atoms with Crippen LogP contribution in [0, 0.1) is 0 Å². The van der Waals surface area contributed by atoms with Crippen LogP contribution in [0.2, 0.25) is 0 Å². The molecule has 3 N–H and O–H groups in total. The van der Waals surface area contributed by atoms with E-state index in [9.17, 15) is 10.0 Å². The van der Waals surface area contributed by atoms with Gasteiger partial charge in [-0.05, 0) is 51.8 Å². The molecule has 118 valence electrons. The lowest BCUT2D eigenvalue weighted by Gasteiger charge is -2.12. The predicted octanol–water partition coefficient (Wildman–Crippen LogP) is 2.55. The van der Waals surface area contributed by atoms with Gasteiger partial charge in [-0.3, -0.25) is 0 Å². The molecule has 3 aromatic rings. The van der Waals surface area contributed by atoms with Gasteiger partial charge in [0.2, 0.25) is 0 Å². The van der Waals surface area contributed by atoms with Crippen LogP contribution in [0.4, 0.5) is 5.69 Å². The number of nitrogens with one attached hydrogen (secondary N) is 1. The average molecular weight is 315 g/mol. The Hall–Kier alpha value is -2.56. The maximum Gasteiger partial charge on any atom is 0.488 e. The lowest BCUT2D eigenvalue weighted by atomic mass is 9.77. The van der Waals surface area contributed by atoms with Crippen LogP contribution in [-0.2, 0) is 13.0 Å². The maximum absolute atomic E-state index is 9.46. The lowest BCUT2D eigenvalue weighted by molar-refractivity contribution is 0.425. The van der Waals surface area contributed by atoms with Gasteiger partial charge in [-0.25, -0.2) is 0 Å². The first kappa shape index (κ1) is 15.0. The zero-order valence-corrected chi connectivity index (χ0v) is 13.2.